The predicted molar refractivity (Wildman–Crippen MR) is 74.3 cm³/mol. The van der Waals surface area contributed by atoms with Crippen molar-refractivity contribution in [2.24, 2.45) is 5.92 Å². The summed E-state index contributed by atoms with van der Waals surface area (Å²) < 4.78 is 6.52. The molecule has 1 fully saturated rings. The lowest BCUT2D eigenvalue weighted by Gasteiger charge is -2.28. The van der Waals surface area contributed by atoms with E-state index in [9.17, 15) is 0 Å². The van der Waals surface area contributed by atoms with Crippen LogP contribution in [0.15, 0.2) is 22.7 Å². The molecule has 88 valence electrons. The number of halogens is 2. The van der Waals surface area contributed by atoms with Crippen molar-refractivity contribution in [2.75, 3.05) is 7.11 Å². The van der Waals surface area contributed by atoms with Gasteiger partial charge in [-0.1, -0.05) is 51.1 Å². The van der Waals surface area contributed by atoms with Crippen molar-refractivity contribution in [1.82, 2.24) is 0 Å². The number of methoxy groups -OCH3 is 1. The topological polar surface area (TPSA) is 9.23 Å². The van der Waals surface area contributed by atoms with Crippen molar-refractivity contribution in [3.05, 3.63) is 28.2 Å². The Balaban J connectivity index is 2.13. The highest BCUT2D eigenvalue weighted by molar-refractivity contribution is 9.10. The van der Waals surface area contributed by atoms with Gasteiger partial charge in [0.15, 0.2) is 0 Å². The van der Waals surface area contributed by atoms with Crippen LogP contribution in [0.25, 0.3) is 0 Å². The molecule has 0 bridgehead atoms. The molecule has 1 aromatic carbocycles. The van der Waals surface area contributed by atoms with Crippen LogP contribution in [0.2, 0.25) is 0 Å². The van der Waals surface area contributed by atoms with E-state index in [0.717, 1.165) is 16.1 Å². The van der Waals surface area contributed by atoms with Crippen molar-refractivity contribution in [3.63, 3.8) is 0 Å². The highest BCUT2D eigenvalue weighted by Gasteiger charge is 2.23. The minimum atomic E-state index is 0.408. The number of hydrogen-bond donors (Lipinski definition) is 0. The van der Waals surface area contributed by atoms with Gasteiger partial charge in [-0.2, -0.15) is 0 Å². The average molecular weight is 348 g/mol. The molecule has 1 aromatic rings. The Hall–Kier alpha value is -0.0200. The molecule has 0 radical (unpaired) electrons. The number of rotatable bonds is 4. The zero-order valence-corrected chi connectivity index (χ0v) is 12.6. The first kappa shape index (κ1) is 12.4. The molecule has 0 amide bonds. The fourth-order valence-corrected chi connectivity index (χ4v) is 3.36. The SMILES string of the molecule is COc1ccc(Br)cc1C(Br)CC1CCC1. The summed E-state index contributed by atoms with van der Waals surface area (Å²) in [5.41, 5.74) is 1.25. The molecule has 0 spiro atoms. The molecule has 0 aromatic heterocycles. The molecule has 0 heterocycles. The standard InChI is InChI=1S/C13H16Br2O/c1-16-13-6-5-10(14)8-11(13)12(15)7-9-3-2-4-9/h5-6,8-9,12H,2-4,7H2,1H3. The van der Waals surface area contributed by atoms with Crippen LogP contribution in [0.1, 0.15) is 36.1 Å². The fourth-order valence-electron chi connectivity index (χ4n) is 2.10. The molecule has 2 rings (SSSR count). The molecular weight excluding hydrogens is 332 g/mol. The molecular formula is C13H16Br2O. The molecule has 0 saturated heterocycles. The van der Waals surface area contributed by atoms with E-state index in [1.165, 1.54) is 31.2 Å². The molecule has 1 aliphatic carbocycles. The van der Waals surface area contributed by atoms with Gasteiger partial charge in [0.1, 0.15) is 5.75 Å². The third-order valence-corrected chi connectivity index (χ3v) is 4.65. The second-order valence-corrected chi connectivity index (χ2v) is 6.41. The normalized spacial score (nSPS) is 17.9. The monoisotopic (exact) mass is 346 g/mol. The third-order valence-electron chi connectivity index (χ3n) is 3.29. The summed E-state index contributed by atoms with van der Waals surface area (Å²) in [5.74, 6) is 1.87. The minimum absolute atomic E-state index is 0.408. The van der Waals surface area contributed by atoms with Gasteiger partial charge >= 0.3 is 0 Å². The molecule has 1 saturated carbocycles. The Morgan fingerprint density at radius 1 is 1.44 bits per heavy atom. The zero-order valence-electron chi connectivity index (χ0n) is 9.38. The maximum Gasteiger partial charge on any atom is 0.123 e. The first-order chi connectivity index (χ1) is 7.70. The molecule has 1 aliphatic rings. The van der Waals surface area contributed by atoms with Crippen LogP contribution in [0.3, 0.4) is 0 Å². The second kappa shape index (κ2) is 5.54. The van der Waals surface area contributed by atoms with Crippen molar-refractivity contribution < 1.29 is 4.74 Å². The largest absolute Gasteiger partial charge is 0.496 e. The van der Waals surface area contributed by atoms with E-state index in [-0.39, 0.29) is 0 Å². The smallest absolute Gasteiger partial charge is 0.123 e. The average Bonchev–Trinajstić information content (AvgIpc) is 2.23. The van der Waals surface area contributed by atoms with Gasteiger partial charge in [-0.05, 0) is 30.5 Å². The predicted octanol–water partition coefficient (Wildman–Crippen LogP) is 5.08. The zero-order chi connectivity index (χ0) is 11.5. The van der Waals surface area contributed by atoms with Crippen LogP contribution >= 0.6 is 31.9 Å². The maximum atomic E-state index is 5.40. The van der Waals surface area contributed by atoms with Crippen LogP contribution in [-0.2, 0) is 0 Å². The summed E-state index contributed by atoms with van der Waals surface area (Å²) in [6.07, 6.45) is 5.39. The van der Waals surface area contributed by atoms with E-state index in [1.807, 2.05) is 12.1 Å². The van der Waals surface area contributed by atoms with Crippen molar-refractivity contribution in [3.8, 4) is 5.75 Å². The highest BCUT2D eigenvalue weighted by atomic mass is 79.9. The van der Waals surface area contributed by atoms with E-state index < -0.39 is 0 Å². The van der Waals surface area contributed by atoms with Gasteiger partial charge in [-0.25, -0.2) is 0 Å². The van der Waals surface area contributed by atoms with E-state index in [0.29, 0.717) is 4.83 Å². The first-order valence-corrected chi connectivity index (χ1v) is 7.39. The number of alkyl halides is 1. The molecule has 0 aliphatic heterocycles. The van der Waals surface area contributed by atoms with Crippen molar-refractivity contribution >= 4 is 31.9 Å². The van der Waals surface area contributed by atoms with Crippen LogP contribution < -0.4 is 4.74 Å². The summed E-state index contributed by atoms with van der Waals surface area (Å²) in [6, 6.07) is 6.19. The van der Waals surface area contributed by atoms with Crippen LogP contribution in [0.4, 0.5) is 0 Å². The fraction of sp³-hybridized carbons (Fsp3) is 0.538. The van der Waals surface area contributed by atoms with Crippen molar-refractivity contribution in [1.29, 1.82) is 0 Å². The summed E-state index contributed by atoms with van der Waals surface area (Å²) in [4.78, 5) is 0.408. The maximum absolute atomic E-state index is 5.40. The van der Waals surface area contributed by atoms with Gasteiger partial charge in [0, 0.05) is 14.9 Å². The number of hydrogen-bond acceptors (Lipinski definition) is 1. The molecule has 1 unspecified atom stereocenters. The van der Waals surface area contributed by atoms with Crippen LogP contribution in [0, 0.1) is 5.92 Å². The first-order valence-electron chi connectivity index (χ1n) is 5.68. The van der Waals surface area contributed by atoms with E-state index >= 15 is 0 Å². The van der Waals surface area contributed by atoms with Crippen molar-refractivity contribution in [2.45, 2.75) is 30.5 Å². The summed E-state index contributed by atoms with van der Waals surface area (Å²) in [5, 5.41) is 0. The molecule has 0 N–H and O–H groups in total. The highest BCUT2D eigenvalue weighted by Crippen LogP contribution is 2.42. The van der Waals surface area contributed by atoms with Crippen LogP contribution in [0.5, 0.6) is 5.75 Å². The Labute approximate surface area is 114 Å². The van der Waals surface area contributed by atoms with Gasteiger partial charge in [-0.15, -0.1) is 0 Å². The Kier molecular flexibility index (Phi) is 4.31. The second-order valence-electron chi connectivity index (χ2n) is 4.39. The van der Waals surface area contributed by atoms with Crippen LogP contribution in [-0.4, -0.2) is 7.11 Å². The van der Waals surface area contributed by atoms with E-state index in [1.54, 1.807) is 7.11 Å². The lowest BCUT2D eigenvalue weighted by molar-refractivity contribution is 0.294. The minimum Gasteiger partial charge on any atom is -0.496 e. The van der Waals surface area contributed by atoms with E-state index in [2.05, 4.69) is 37.9 Å². The van der Waals surface area contributed by atoms with Gasteiger partial charge in [0.2, 0.25) is 0 Å². The van der Waals surface area contributed by atoms with Gasteiger partial charge < -0.3 is 4.74 Å². The Bertz CT molecular complexity index is 361. The Morgan fingerprint density at radius 3 is 2.75 bits per heavy atom. The lowest BCUT2D eigenvalue weighted by Crippen LogP contribution is -2.13. The number of benzene rings is 1. The number of ether oxygens (including phenoxy) is 1. The molecule has 3 heteroatoms. The quantitative estimate of drug-likeness (QED) is 0.690. The van der Waals surface area contributed by atoms with Gasteiger partial charge in [0.05, 0.1) is 7.11 Å². The third kappa shape index (κ3) is 2.80. The molecule has 1 atom stereocenters. The van der Waals surface area contributed by atoms with E-state index in [4.69, 9.17) is 4.74 Å². The summed E-state index contributed by atoms with van der Waals surface area (Å²) in [7, 11) is 1.73. The summed E-state index contributed by atoms with van der Waals surface area (Å²) in [6.45, 7) is 0. The van der Waals surface area contributed by atoms with Gasteiger partial charge in [-0.3, -0.25) is 0 Å². The lowest BCUT2D eigenvalue weighted by atomic mass is 9.81. The summed E-state index contributed by atoms with van der Waals surface area (Å²) >= 11 is 7.30. The Morgan fingerprint density at radius 2 is 2.19 bits per heavy atom. The van der Waals surface area contributed by atoms with Gasteiger partial charge in [0.25, 0.3) is 0 Å². The molecule has 16 heavy (non-hydrogen) atoms. The molecule has 1 nitrogen and oxygen atoms in total.